The van der Waals surface area contributed by atoms with Crippen molar-refractivity contribution in [2.24, 2.45) is 5.73 Å². The predicted octanol–water partition coefficient (Wildman–Crippen LogP) is 0.694. The van der Waals surface area contributed by atoms with Gasteiger partial charge >= 0.3 is 0 Å². The van der Waals surface area contributed by atoms with Crippen molar-refractivity contribution in [3.63, 3.8) is 0 Å². The Hall–Kier alpha value is -2.19. The van der Waals surface area contributed by atoms with E-state index in [2.05, 4.69) is 10.8 Å². The van der Waals surface area contributed by atoms with Crippen molar-refractivity contribution in [1.82, 2.24) is 4.90 Å². The van der Waals surface area contributed by atoms with Gasteiger partial charge in [0.15, 0.2) is 0 Å². The van der Waals surface area contributed by atoms with Crippen LogP contribution in [0.1, 0.15) is 6.42 Å². The fourth-order valence-electron chi connectivity index (χ4n) is 2.51. The summed E-state index contributed by atoms with van der Waals surface area (Å²) < 4.78 is 5.38. The molecule has 21 heavy (non-hydrogen) atoms. The molecule has 1 aromatic carbocycles. The first-order valence-corrected chi connectivity index (χ1v) is 7.03. The molecule has 1 aromatic rings. The highest BCUT2D eigenvalue weighted by molar-refractivity contribution is 5.82. The topological polar surface area (TPSA) is 58.8 Å². The van der Waals surface area contributed by atoms with E-state index in [9.17, 15) is 4.79 Å². The molecular formula is C16H21N3O2. The van der Waals surface area contributed by atoms with E-state index in [-0.39, 0.29) is 12.3 Å². The van der Waals surface area contributed by atoms with Gasteiger partial charge in [-0.15, -0.1) is 12.3 Å². The quantitative estimate of drug-likeness (QED) is 0.828. The van der Waals surface area contributed by atoms with Gasteiger partial charge in [-0.1, -0.05) is 12.1 Å². The number of carbonyl (C=O) groups is 1. The predicted molar refractivity (Wildman–Crippen MR) is 83.2 cm³/mol. The molecule has 2 N–H and O–H groups in total. The Kier molecular flexibility index (Phi) is 5.07. The van der Waals surface area contributed by atoms with Crippen LogP contribution in [0.15, 0.2) is 24.3 Å². The summed E-state index contributed by atoms with van der Waals surface area (Å²) in [4.78, 5) is 16.1. The molecule has 0 aliphatic carbocycles. The molecule has 1 aliphatic heterocycles. The van der Waals surface area contributed by atoms with Crippen LogP contribution in [0.2, 0.25) is 0 Å². The summed E-state index contributed by atoms with van der Waals surface area (Å²) in [6.07, 6.45) is 5.49. The summed E-state index contributed by atoms with van der Waals surface area (Å²) >= 11 is 0. The SMILES string of the molecule is C#CCC(N)C(=O)N1CCN(c2ccccc2OC)CC1. The molecular weight excluding hydrogens is 266 g/mol. The standard InChI is InChI=1S/C16H21N3O2/c1-3-6-13(17)16(20)19-11-9-18(10-12-19)14-7-4-5-8-15(14)21-2/h1,4-5,7-8,13H,6,9-12,17H2,2H3. The van der Waals surface area contributed by atoms with Crippen LogP contribution in [-0.2, 0) is 4.79 Å². The van der Waals surface area contributed by atoms with Crippen LogP contribution in [0.5, 0.6) is 5.75 Å². The number of hydrogen-bond acceptors (Lipinski definition) is 4. The highest BCUT2D eigenvalue weighted by Gasteiger charge is 2.25. The zero-order valence-electron chi connectivity index (χ0n) is 12.3. The smallest absolute Gasteiger partial charge is 0.240 e. The Labute approximate surface area is 125 Å². The van der Waals surface area contributed by atoms with Crippen molar-refractivity contribution in [2.45, 2.75) is 12.5 Å². The number of ether oxygens (including phenoxy) is 1. The van der Waals surface area contributed by atoms with Crippen molar-refractivity contribution in [3.8, 4) is 18.1 Å². The highest BCUT2D eigenvalue weighted by atomic mass is 16.5. The van der Waals surface area contributed by atoms with Crippen molar-refractivity contribution in [3.05, 3.63) is 24.3 Å². The Morgan fingerprint density at radius 3 is 2.67 bits per heavy atom. The molecule has 0 spiro atoms. The number of piperazine rings is 1. The molecule has 0 radical (unpaired) electrons. The van der Waals surface area contributed by atoms with Crippen LogP contribution < -0.4 is 15.4 Å². The van der Waals surface area contributed by atoms with Crippen molar-refractivity contribution >= 4 is 11.6 Å². The number of hydrogen-bond donors (Lipinski definition) is 1. The van der Waals surface area contributed by atoms with E-state index in [1.807, 2.05) is 24.3 Å². The summed E-state index contributed by atoms with van der Waals surface area (Å²) in [5.74, 6) is 3.22. The molecule has 1 heterocycles. The minimum Gasteiger partial charge on any atom is -0.495 e. The first-order chi connectivity index (χ1) is 10.2. The Morgan fingerprint density at radius 1 is 1.38 bits per heavy atom. The van der Waals surface area contributed by atoms with Crippen LogP contribution in [0.3, 0.4) is 0 Å². The van der Waals surface area contributed by atoms with Crippen LogP contribution in [-0.4, -0.2) is 50.1 Å². The lowest BCUT2D eigenvalue weighted by Crippen LogP contribution is -2.53. The maximum Gasteiger partial charge on any atom is 0.240 e. The van der Waals surface area contributed by atoms with Gasteiger partial charge in [-0.25, -0.2) is 0 Å². The normalized spacial score (nSPS) is 16.2. The number of nitrogens with two attached hydrogens (primary N) is 1. The first-order valence-electron chi connectivity index (χ1n) is 7.03. The molecule has 0 saturated carbocycles. The third kappa shape index (κ3) is 3.47. The van der Waals surface area contributed by atoms with Crippen LogP contribution in [0.25, 0.3) is 0 Å². The molecule has 0 bridgehead atoms. The third-order valence-electron chi connectivity index (χ3n) is 3.67. The average molecular weight is 287 g/mol. The molecule has 112 valence electrons. The maximum absolute atomic E-state index is 12.1. The van der Waals surface area contributed by atoms with Gasteiger partial charge in [-0.05, 0) is 12.1 Å². The zero-order chi connectivity index (χ0) is 15.2. The van der Waals surface area contributed by atoms with Gasteiger partial charge in [-0.2, -0.15) is 0 Å². The number of para-hydroxylation sites is 2. The van der Waals surface area contributed by atoms with E-state index in [0.717, 1.165) is 24.5 Å². The fraction of sp³-hybridized carbons (Fsp3) is 0.438. The lowest BCUT2D eigenvalue weighted by Gasteiger charge is -2.37. The summed E-state index contributed by atoms with van der Waals surface area (Å²) in [5, 5.41) is 0. The van der Waals surface area contributed by atoms with Crippen molar-refractivity contribution in [2.75, 3.05) is 38.2 Å². The summed E-state index contributed by atoms with van der Waals surface area (Å²) in [5.41, 5.74) is 6.84. The number of terminal acetylenes is 1. The molecule has 2 rings (SSSR count). The first kappa shape index (κ1) is 15.2. The minimum atomic E-state index is -0.590. The number of anilines is 1. The molecule has 1 fully saturated rings. The Morgan fingerprint density at radius 2 is 2.05 bits per heavy atom. The van der Waals surface area contributed by atoms with Crippen molar-refractivity contribution < 1.29 is 9.53 Å². The number of amides is 1. The average Bonchev–Trinajstić information content (AvgIpc) is 2.54. The van der Waals surface area contributed by atoms with Gasteiger partial charge in [0.05, 0.1) is 18.8 Å². The second-order valence-electron chi connectivity index (χ2n) is 5.00. The van der Waals surface area contributed by atoms with Crippen LogP contribution >= 0.6 is 0 Å². The molecule has 1 amide bonds. The summed E-state index contributed by atoms with van der Waals surface area (Å²) in [6.45, 7) is 2.81. The zero-order valence-corrected chi connectivity index (χ0v) is 12.3. The van der Waals surface area contributed by atoms with Gasteiger partial charge < -0.3 is 20.3 Å². The fourth-order valence-corrected chi connectivity index (χ4v) is 2.51. The van der Waals surface area contributed by atoms with Crippen LogP contribution in [0, 0.1) is 12.3 Å². The van der Waals surface area contributed by atoms with E-state index in [1.165, 1.54) is 0 Å². The summed E-state index contributed by atoms with van der Waals surface area (Å²) in [6, 6.07) is 7.31. The second kappa shape index (κ2) is 7.00. The molecule has 1 aliphatic rings. The van der Waals surface area contributed by atoms with E-state index in [4.69, 9.17) is 16.9 Å². The van der Waals surface area contributed by atoms with Crippen LogP contribution in [0.4, 0.5) is 5.69 Å². The molecule has 1 saturated heterocycles. The number of rotatable bonds is 4. The number of methoxy groups -OCH3 is 1. The number of benzene rings is 1. The monoisotopic (exact) mass is 287 g/mol. The highest BCUT2D eigenvalue weighted by Crippen LogP contribution is 2.28. The maximum atomic E-state index is 12.1. The summed E-state index contributed by atoms with van der Waals surface area (Å²) in [7, 11) is 1.66. The Balaban J connectivity index is 1.97. The molecule has 5 nitrogen and oxygen atoms in total. The third-order valence-corrected chi connectivity index (χ3v) is 3.67. The molecule has 0 aromatic heterocycles. The van der Waals surface area contributed by atoms with E-state index < -0.39 is 6.04 Å². The van der Waals surface area contributed by atoms with Crippen molar-refractivity contribution in [1.29, 1.82) is 0 Å². The molecule has 1 atom stereocenters. The van der Waals surface area contributed by atoms with Gasteiger partial charge in [0.1, 0.15) is 5.75 Å². The number of nitrogens with zero attached hydrogens (tertiary/aromatic N) is 2. The lowest BCUT2D eigenvalue weighted by atomic mass is 10.1. The van der Waals surface area contributed by atoms with Gasteiger partial charge in [-0.3, -0.25) is 4.79 Å². The van der Waals surface area contributed by atoms with E-state index in [1.54, 1.807) is 12.0 Å². The molecule has 5 heteroatoms. The molecule has 1 unspecified atom stereocenters. The van der Waals surface area contributed by atoms with Gasteiger partial charge in [0.2, 0.25) is 5.91 Å². The number of carbonyl (C=O) groups excluding carboxylic acids is 1. The van der Waals surface area contributed by atoms with Gasteiger partial charge in [0, 0.05) is 32.6 Å². The largest absolute Gasteiger partial charge is 0.495 e. The Bertz CT molecular complexity index is 531. The van der Waals surface area contributed by atoms with E-state index >= 15 is 0 Å². The minimum absolute atomic E-state index is 0.0624. The van der Waals surface area contributed by atoms with Gasteiger partial charge in [0.25, 0.3) is 0 Å². The second-order valence-corrected chi connectivity index (χ2v) is 5.00. The lowest BCUT2D eigenvalue weighted by molar-refractivity contribution is -0.132. The van der Waals surface area contributed by atoms with E-state index in [0.29, 0.717) is 13.1 Å².